The van der Waals surface area contributed by atoms with Crippen LogP contribution in [0.1, 0.15) is 12.6 Å². The first-order valence-corrected chi connectivity index (χ1v) is 6.70. The van der Waals surface area contributed by atoms with Gasteiger partial charge in [0.1, 0.15) is 0 Å². The second-order valence-electron chi connectivity index (χ2n) is 4.54. The van der Waals surface area contributed by atoms with Crippen LogP contribution in [0.2, 0.25) is 0 Å². The minimum absolute atomic E-state index is 0.795. The summed E-state index contributed by atoms with van der Waals surface area (Å²) in [4.78, 5) is 0. The predicted octanol–water partition coefficient (Wildman–Crippen LogP) is 3.55. The zero-order chi connectivity index (χ0) is 13.6. The summed E-state index contributed by atoms with van der Waals surface area (Å²) in [6.07, 6.45) is 1.98. The van der Waals surface area contributed by atoms with Gasteiger partial charge in [0.15, 0.2) is 5.82 Å². The maximum absolute atomic E-state index is 4.54. The molecule has 0 saturated carbocycles. The molecule has 96 valence electrons. The van der Waals surface area contributed by atoms with Gasteiger partial charge >= 0.3 is 0 Å². The highest BCUT2D eigenvalue weighted by atomic mass is 79.9. The van der Waals surface area contributed by atoms with Gasteiger partial charge in [0, 0.05) is 29.2 Å². The molecular formula is C14H13BrN4. The Labute approximate surface area is 119 Å². The van der Waals surface area contributed by atoms with E-state index in [1.165, 1.54) is 0 Å². The normalized spacial score (nSPS) is 11.1. The monoisotopic (exact) mass is 316 g/mol. The molecule has 4 nitrogen and oxygen atoms in total. The molecule has 5 heteroatoms. The number of benzene rings is 1. The van der Waals surface area contributed by atoms with Gasteiger partial charge in [-0.25, -0.2) is 4.68 Å². The van der Waals surface area contributed by atoms with Gasteiger partial charge in [-0.3, -0.25) is 4.68 Å². The van der Waals surface area contributed by atoms with E-state index in [4.69, 9.17) is 0 Å². The SMILES string of the molecule is C=C(C)c1cc(-n2cc3c(Br)cccc3n2)nn1C. The number of nitrogens with zero attached hydrogens (tertiary/aromatic N) is 4. The van der Waals surface area contributed by atoms with Crippen LogP contribution in [0, 0.1) is 0 Å². The zero-order valence-electron chi connectivity index (χ0n) is 10.8. The lowest BCUT2D eigenvalue weighted by atomic mass is 10.2. The average Bonchev–Trinajstić information content (AvgIpc) is 2.93. The molecule has 0 saturated heterocycles. The molecule has 0 bridgehead atoms. The molecule has 0 radical (unpaired) electrons. The third kappa shape index (κ3) is 2.00. The maximum atomic E-state index is 4.54. The third-order valence-electron chi connectivity index (χ3n) is 3.04. The van der Waals surface area contributed by atoms with Crippen LogP contribution in [0.15, 0.2) is 41.5 Å². The van der Waals surface area contributed by atoms with Crippen LogP contribution in [0.25, 0.3) is 22.3 Å². The largest absolute Gasteiger partial charge is 0.266 e. The first kappa shape index (κ1) is 12.2. The topological polar surface area (TPSA) is 35.6 Å². The molecule has 0 aliphatic carbocycles. The zero-order valence-corrected chi connectivity index (χ0v) is 12.3. The fourth-order valence-corrected chi connectivity index (χ4v) is 2.55. The molecule has 19 heavy (non-hydrogen) atoms. The van der Waals surface area contributed by atoms with Crippen LogP contribution < -0.4 is 0 Å². The molecule has 0 unspecified atom stereocenters. The van der Waals surface area contributed by atoms with Crippen molar-refractivity contribution in [3.63, 3.8) is 0 Å². The van der Waals surface area contributed by atoms with Crippen LogP contribution in [0.3, 0.4) is 0 Å². The highest BCUT2D eigenvalue weighted by Crippen LogP contribution is 2.24. The Bertz CT molecular complexity index is 782. The lowest BCUT2D eigenvalue weighted by molar-refractivity contribution is 0.726. The van der Waals surface area contributed by atoms with Crippen LogP contribution in [0.4, 0.5) is 0 Å². The van der Waals surface area contributed by atoms with Crippen LogP contribution in [0.5, 0.6) is 0 Å². The Kier molecular flexibility index (Phi) is 2.78. The number of halogens is 1. The van der Waals surface area contributed by atoms with Gasteiger partial charge in [-0.15, -0.1) is 0 Å². The summed E-state index contributed by atoms with van der Waals surface area (Å²) in [7, 11) is 1.91. The molecule has 3 aromatic rings. The summed E-state index contributed by atoms with van der Waals surface area (Å²) in [5.74, 6) is 0.795. The quantitative estimate of drug-likeness (QED) is 0.724. The smallest absolute Gasteiger partial charge is 0.175 e. The molecular weight excluding hydrogens is 304 g/mol. The van der Waals surface area contributed by atoms with E-state index in [0.717, 1.165) is 32.5 Å². The van der Waals surface area contributed by atoms with Crippen LogP contribution in [-0.2, 0) is 7.05 Å². The number of hydrogen-bond donors (Lipinski definition) is 0. The van der Waals surface area contributed by atoms with Gasteiger partial charge in [-0.05, 0) is 24.6 Å². The van der Waals surface area contributed by atoms with Crippen molar-refractivity contribution >= 4 is 32.4 Å². The number of rotatable bonds is 2. The summed E-state index contributed by atoms with van der Waals surface area (Å²) in [6, 6.07) is 7.95. The van der Waals surface area contributed by atoms with E-state index in [9.17, 15) is 0 Å². The van der Waals surface area contributed by atoms with Crippen LogP contribution >= 0.6 is 15.9 Å². The maximum Gasteiger partial charge on any atom is 0.175 e. The fraction of sp³-hybridized carbons (Fsp3) is 0.143. The second-order valence-corrected chi connectivity index (χ2v) is 5.39. The minimum atomic E-state index is 0.795. The van der Waals surface area contributed by atoms with Crippen molar-refractivity contribution in [1.29, 1.82) is 0 Å². The Hall–Kier alpha value is -1.88. The number of fused-ring (bicyclic) bond motifs is 1. The summed E-state index contributed by atoms with van der Waals surface area (Å²) < 4.78 is 4.65. The Balaban J connectivity index is 2.17. The van der Waals surface area contributed by atoms with Crippen molar-refractivity contribution in [3.8, 4) is 5.82 Å². The number of hydrogen-bond acceptors (Lipinski definition) is 2. The van der Waals surface area contributed by atoms with Gasteiger partial charge in [-0.2, -0.15) is 10.2 Å². The standard InChI is InChI=1S/C14H13BrN4/c1-9(2)13-7-14(17-18(13)3)19-8-10-11(15)5-4-6-12(10)16-19/h4-8H,1H2,2-3H3. The molecule has 1 aromatic carbocycles. The van der Waals surface area contributed by atoms with E-state index < -0.39 is 0 Å². The van der Waals surface area contributed by atoms with Gasteiger partial charge in [0.25, 0.3) is 0 Å². The molecule has 2 aromatic heterocycles. The van der Waals surface area contributed by atoms with Gasteiger partial charge in [-0.1, -0.05) is 28.6 Å². The molecule has 0 aliphatic rings. The molecule has 0 N–H and O–H groups in total. The Morgan fingerprint density at radius 2 is 2.11 bits per heavy atom. The second kappa shape index (κ2) is 4.35. The van der Waals surface area contributed by atoms with Gasteiger partial charge in [0.05, 0.1) is 11.2 Å². The molecule has 0 fully saturated rings. The van der Waals surface area contributed by atoms with Crippen molar-refractivity contribution in [2.24, 2.45) is 7.05 Å². The summed E-state index contributed by atoms with van der Waals surface area (Å²) in [5.41, 5.74) is 2.93. The lowest BCUT2D eigenvalue weighted by Gasteiger charge is -1.96. The fourth-order valence-electron chi connectivity index (χ4n) is 2.09. The molecule has 0 atom stereocenters. The van der Waals surface area contributed by atoms with E-state index in [1.807, 2.05) is 49.1 Å². The molecule has 2 heterocycles. The van der Waals surface area contributed by atoms with E-state index in [-0.39, 0.29) is 0 Å². The number of aromatic nitrogens is 4. The van der Waals surface area contributed by atoms with Crippen molar-refractivity contribution in [1.82, 2.24) is 19.6 Å². The first-order chi connectivity index (χ1) is 9.06. The number of aryl methyl sites for hydroxylation is 1. The number of allylic oxidation sites excluding steroid dienone is 1. The highest BCUT2D eigenvalue weighted by molar-refractivity contribution is 9.10. The molecule has 0 amide bonds. The Morgan fingerprint density at radius 3 is 2.74 bits per heavy atom. The molecule has 0 aliphatic heterocycles. The van der Waals surface area contributed by atoms with Crippen molar-refractivity contribution < 1.29 is 0 Å². The first-order valence-electron chi connectivity index (χ1n) is 5.90. The minimum Gasteiger partial charge on any atom is -0.266 e. The van der Waals surface area contributed by atoms with Gasteiger partial charge in [0.2, 0.25) is 0 Å². The Morgan fingerprint density at radius 1 is 1.32 bits per heavy atom. The predicted molar refractivity (Wildman–Crippen MR) is 80.2 cm³/mol. The third-order valence-corrected chi connectivity index (χ3v) is 3.73. The van der Waals surface area contributed by atoms with Gasteiger partial charge < -0.3 is 0 Å². The van der Waals surface area contributed by atoms with Crippen molar-refractivity contribution in [2.75, 3.05) is 0 Å². The summed E-state index contributed by atoms with van der Waals surface area (Å²) >= 11 is 3.53. The van der Waals surface area contributed by atoms with Crippen LogP contribution in [-0.4, -0.2) is 19.6 Å². The van der Waals surface area contributed by atoms with E-state index in [0.29, 0.717) is 0 Å². The van der Waals surface area contributed by atoms with E-state index in [1.54, 1.807) is 4.68 Å². The van der Waals surface area contributed by atoms with Crippen molar-refractivity contribution in [2.45, 2.75) is 6.92 Å². The van der Waals surface area contributed by atoms with E-state index in [2.05, 4.69) is 32.7 Å². The lowest BCUT2D eigenvalue weighted by Crippen LogP contribution is -1.98. The van der Waals surface area contributed by atoms with Crippen molar-refractivity contribution in [3.05, 3.63) is 47.2 Å². The molecule has 0 spiro atoms. The summed E-state index contributed by atoms with van der Waals surface area (Å²) in [6.45, 7) is 5.92. The summed E-state index contributed by atoms with van der Waals surface area (Å²) in [5, 5.41) is 10.1. The highest BCUT2D eigenvalue weighted by Gasteiger charge is 2.10. The van der Waals surface area contributed by atoms with E-state index >= 15 is 0 Å². The average molecular weight is 317 g/mol. The molecule has 3 rings (SSSR count).